The van der Waals surface area contributed by atoms with Crippen LogP contribution in [-0.2, 0) is 23.2 Å². The number of fused-ring (bicyclic) bond motifs is 1. The second kappa shape index (κ2) is 8.02. The first-order chi connectivity index (χ1) is 16.0. The Morgan fingerprint density at radius 2 is 1.91 bits per heavy atom. The molecule has 1 aliphatic rings. The second-order valence-corrected chi connectivity index (χ2v) is 7.95. The molecule has 1 atom stereocenters. The Kier molecular flexibility index (Phi) is 5.01. The number of benzene rings is 2. The molecule has 4 aromatic rings. The zero-order valence-electron chi connectivity index (χ0n) is 18.2. The molecule has 1 unspecified atom stereocenters. The molecule has 0 aliphatic carbocycles. The van der Waals surface area contributed by atoms with E-state index in [1.165, 1.54) is 18.3 Å². The van der Waals surface area contributed by atoms with Crippen LogP contribution in [0, 0.1) is 0 Å². The van der Waals surface area contributed by atoms with Crippen molar-refractivity contribution in [1.82, 2.24) is 9.47 Å². The van der Waals surface area contributed by atoms with Crippen molar-refractivity contribution >= 4 is 28.4 Å². The van der Waals surface area contributed by atoms with E-state index in [9.17, 15) is 14.7 Å². The van der Waals surface area contributed by atoms with E-state index < -0.39 is 17.7 Å². The molecule has 3 heterocycles. The highest BCUT2D eigenvalue weighted by molar-refractivity contribution is 6.46. The van der Waals surface area contributed by atoms with Gasteiger partial charge >= 0.3 is 0 Å². The zero-order chi connectivity index (χ0) is 23.1. The first-order valence-electron chi connectivity index (χ1n) is 10.5. The molecule has 0 spiro atoms. The lowest BCUT2D eigenvalue weighted by molar-refractivity contribution is -0.140. The number of furan rings is 1. The summed E-state index contributed by atoms with van der Waals surface area (Å²) in [6.45, 7) is 0.0976. The fraction of sp³-hybridized carbons (Fsp3) is 0.154. The van der Waals surface area contributed by atoms with Crippen LogP contribution in [-0.4, -0.2) is 33.4 Å². The molecule has 2 aromatic heterocycles. The summed E-state index contributed by atoms with van der Waals surface area (Å²) in [4.78, 5) is 27.9. The van der Waals surface area contributed by atoms with E-state index in [4.69, 9.17) is 9.15 Å². The van der Waals surface area contributed by atoms with Gasteiger partial charge in [0.1, 0.15) is 17.3 Å². The largest absolute Gasteiger partial charge is 0.507 e. The van der Waals surface area contributed by atoms with E-state index in [1.54, 1.807) is 36.4 Å². The van der Waals surface area contributed by atoms with Gasteiger partial charge in [-0.05, 0) is 30.3 Å². The van der Waals surface area contributed by atoms with Crippen LogP contribution in [0.4, 0.5) is 0 Å². The summed E-state index contributed by atoms with van der Waals surface area (Å²) in [6.07, 6.45) is 3.42. The summed E-state index contributed by atoms with van der Waals surface area (Å²) in [5.41, 5.74) is 2.15. The minimum atomic E-state index is -0.785. The van der Waals surface area contributed by atoms with E-state index in [1.807, 2.05) is 42.1 Å². The second-order valence-electron chi connectivity index (χ2n) is 7.95. The molecule has 0 bridgehead atoms. The normalized spacial score (nSPS) is 17.8. The highest BCUT2D eigenvalue weighted by atomic mass is 16.5. The molecule has 7 nitrogen and oxygen atoms in total. The number of nitrogens with zero attached hydrogens (tertiary/aromatic N) is 2. The molecule has 5 rings (SSSR count). The van der Waals surface area contributed by atoms with Crippen molar-refractivity contribution in [3.05, 3.63) is 95.6 Å². The molecule has 1 saturated heterocycles. The number of amides is 1. The third-order valence-electron chi connectivity index (χ3n) is 6.01. The number of rotatable bonds is 5. The van der Waals surface area contributed by atoms with Crippen LogP contribution in [0.1, 0.15) is 22.9 Å². The lowest BCUT2D eigenvalue weighted by Gasteiger charge is -2.24. The molecule has 1 amide bonds. The summed E-state index contributed by atoms with van der Waals surface area (Å²) in [5, 5.41) is 12.2. The summed E-state index contributed by atoms with van der Waals surface area (Å²) >= 11 is 0. The zero-order valence-corrected chi connectivity index (χ0v) is 18.2. The van der Waals surface area contributed by atoms with Gasteiger partial charge in [-0.1, -0.05) is 30.3 Å². The van der Waals surface area contributed by atoms with Crippen LogP contribution in [0.15, 0.2) is 83.1 Å². The number of aromatic nitrogens is 1. The standard InChI is InChI=1S/C26H22N2O5/c1-27-15-20(19-10-3-4-11-21(19)27)23-22(24(29)16-7-5-8-17(13-16)32-2)25(30)26(31)28(23)14-18-9-6-12-33-18/h3-13,15,23,29H,14H2,1-2H3/b24-22+. The highest BCUT2D eigenvalue weighted by Crippen LogP contribution is 2.43. The van der Waals surface area contributed by atoms with Gasteiger partial charge in [0.05, 0.1) is 31.5 Å². The number of hydrogen-bond acceptors (Lipinski definition) is 5. The van der Waals surface area contributed by atoms with Gasteiger partial charge in [-0.25, -0.2) is 0 Å². The third kappa shape index (κ3) is 3.38. The first kappa shape index (κ1) is 20.6. The smallest absolute Gasteiger partial charge is 0.296 e. The summed E-state index contributed by atoms with van der Waals surface area (Å²) < 4.78 is 12.7. The lowest BCUT2D eigenvalue weighted by Crippen LogP contribution is -2.29. The third-order valence-corrected chi connectivity index (χ3v) is 6.01. The SMILES string of the molecule is COc1cccc(/C(O)=C2\C(=O)C(=O)N(Cc3ccco3)C2c2cn(C)c3ccccc23)c1. The molecule has 2 aromatic carbocycles. The lowest BCUT2D eigenvalue weighted by atomic mass is 9.95. The fourth-order valence-corrected chi connectivity index (χ4v) is 4.45. The Labute approximate surface area is 190 Å². The molecule has 1 N–H and O–H groups in total. The molecule has 0 saturated carbocycles. The number of methoxy groups -OCH3 is 1. The number of carbonyl (C=O) groups is 2. The average Bonchev–Trinajstić information content (AvgIpc) is 3.53. The van der Waals surface area contributed by atoms with Gasteiger partial charge in [0.15, 0.2) is 0 Å². The van der Waals surface area contributed by atoms with E-state index in [2.05, 4.69) is 0 Å². The van der Waals surface area contributed by atoms with Gasteiger partial charge < -0.3 is 23.7 Å². The Morgan fingerprint density at radius 1 is 1.09 bits per heavy atom. The van der Waals surface area contributed by atoms with Crippen LogP contribution in [0.5, 0.6) is 5.75 Å². The Morgan fingerprint density at radius 3 is 2.67 bits per heavy atom. The first-order valence-corrected chi connectivity index (χ1v) is 10.5. The van der Waals surface area contributed by atoms with Gasteiger partial charge in [0.2, 0.25) is 0 Å². The van der Waals surface area contributed by atoms with Crippen LogP contribution >= 0.6 is 0 Å². The predicted octanol–water partition coefficient (Wildman–Crippen LogP) is 4.40. The molecular formula is C26H22N2O5. The number of carbonyl (C=O) groups excluding carboxylic acids is 2. The Bertz CT molecular complexity index is 1400. The topological polar surface area (TPSA) is 84.9 Å². The van der Waals surface area contributed by atoms with Crippen molar-refractivity contribution < 1.29 is 23.8 Å². The molecule has 33 heavy (non-hydrogen) atoms. The molecular weight excluding hydrogens is 420 g/mol. The number of ketones is 1. The van der Waals surface area contributed by atoms with Gasteiger partial charge in [-0.15, -0.1) is 0 Å². The van der Waals surface area contributed by atoms with Crippen molar-refractivity contribution in [3.63, 3.8) is 0 Å². The number of likely N-dealkylation sites (tertiary alicyclic amines) is 1. The quantitative estimate of drug-likeness (QED) is 0.281. The minimum Gasteiger partial charge on any atom is -0.507 e. The Hall–Kier alpha value is -4.26. The number of ether oxygens (including phenoxy) is 1. The summed E-state index contributed by atoms with van der Waals surface area (Å²) in [7, 11) is 3.43. The van der Waals surface area contributed by atoms with Gasteiger partial charge in [0.25, 0.3) is 11.7 Å². The molecule has 7 heteroatoms. The Balaban J connectivity index is 1.74. The van der Waals surface area contributed by atoms with Crippen molar-refractivity contribution in [2.75, 3.05) is 7.11 Å². The maximum absolute atomic E-state index is 13.3. The van der Waals surface area contributed by atoms with Crippen molar-refractivity contribution in [1.29, 1.82) is 0 Å². The van der Waals surface area contributed by atoms with Crippen molar-refractivity contribution in [3.8, 4) is 5.75 Å². The maximum Gasteiger partial charge on any atom is 0.296 e. The highest BCUT2D eigenvalue weighted by Gasteiger charge is 2.47. The van der Waals surface area contributed by atoms with E-state index in [0.29, 0.717) is 17.1 Å². The van der Waals surface area contributed by atoms with Gasteiger partial charge in [0, 0.05) is 35.3 Å². The maximum atomic E-state index is 13.3. The van der Waals surface area contributed by atoms with Crippen molar-refractivity contribution in [2.24, 2.45) is 7.05 Å². The monoisotopic (exact) mass is 442 g/mol. The summed E-state index contributed by atoms with van der Waals surface area (Å²) in [5.74, 6) is -0.588. The number of Topliss-reactive ketones (excluding diaryl/α,β-unsaturated/α-hetero) is 1. The predicted molar refractivity (Wildman–Crippen MR) is 122 cm³/mol. The summed E-state index contributed by atoms with van der Waals surface area (Å²) in [6, 6.07) is 17.2. The molecule has 166 valence electrons. The number of para-hydroxylation sites is 1. The van der Waals surface area contributed by atoms with Crippen LogP contribution in [0.2, 0.25) is 0 Å². The van der Waals surface area contributed by atoms with Gasteiger partial charge in [-0.3, -0.25) is 9.59 Å². The van der Waals surface area contributed by atoms with Crippen LogP contribution < -0.4 is 4.74 Å². The average molecular weight is 442 g/mol. The number of aliphatic hydroxyl groups excluding tert-OH is 1. The van der Waals surface area contributed by atoms with E-state index >= 15 is 0 Å². The van der Waals surface area contributed by atoms with E-state index in [0.717, 1.165) is 16.5 Å². The number of hydrogen-bond donors (Lipinski definition) is 1. The van der Waals surface area contributed by atoms with Crippen LogP contribution in [0.3, 0.4) is 0 Å². The minimum absolute atomic E-state index is 0.0381. The van der Waals surface area contributed by atoms with Crippen LogP contribution in [0.25, 0.3) is 16.7 Å². The van der Waals surface area contributed by atoms with Crippen molar-refractivity contribution in [2.45, 2.75) is 12.6 Å². The number of aliphatic hydroxyl groups is 1. The fourth-order valence-electron chi connectivity index (χ4n) is 4.45. The van der Waals surface area contributed by atoms with Gasteiger partial charge in [-0.2, -0.15) is 0 Å². The number of aryl methyl sites for hydroxylation is 1. The molecule has 0 radical (unpaired) electrons. The molecule has 1 fully saturated rings. The molecule has 1 aliphatic heterocycles. The van der Waals surface area contributed by atoms with E-state index in [-0.39, 0.29) is 17.9 Å².